The largest absolute Gasteiger partial charge is 0.491 e. The third-order valence-electron chi connectivity index (χ3n) is 3.29. The highest BCUT2D eigenvalue weighted by Gasteiger charge is 2.17. The Morgan fingerprint density at radius 3 is 2.62 bits per heavy atom. The highest BCUT2D eigenvalue weighted by Crippen LogP contribution is 2.32. The lowest BCUT2D eigenvalue weighted by Gasteiger charge is -2.18. The third-order valence-corrected chi connectivity index (χ3v) is 3.53. The molecule has 21 heavy (non-hydrogen) atoms. The molecule has 0 bridgehead atoms. The molecule has 112 valence electrons. The number of para-hydroxylation sites is 1. The fraction of sp³-hybridized carbons (Fsp3) is 0.294. The van der Waals surface area contributed by atoms with Gasteiger partial charge in [0.1, 0.15) is 18.5 Å². The second kappa shape index (κ2) is 7.46. The Morgan fingerprint density at radius 2 is 1.86 bits per heavy atom. The second-order valence-electron chi connectivity index (χ2n) is 4.78. The smallest absolute Gasteiger partial charge is 0.125 e. The van der Waals surface area contributed by atoms with E-state index in [1.807, 2.05) is 43.3 Å². The van der Waals surface area contributed by atoms with E-state index in [1.54, 1.807) is 13.2 Å². The van der Waals surface area contributed by atoms with E-state index in [0.29, 0.717) is 24.0 Å². The maximum Gasteiger partial charge on any atom is 0.125 e. The van der Waals surface area contributed by atoms with Crippen LogP contribution in [0, 0.1) is 6.92 Å². The fourth-order valence-corrected chi connectivity index (χ4v) is 2.33. The zero-order chi connectivity index (χ0) is 15.2. The van der Waals surface area contributed by atoms with E-state index in [1.165, 1.54) is 0 Å². The molecule has 0 aromatic heterocycles. The lowest BCUT2D eigenvalue weighted by atomic mass is 9.97. The van der Waals surface area contributed by atoms with Crippen molar-refractivity contribution in [2.75, 3.05) is 20.3 Å². The summed E-state index contributed by atoms with van der Waals surface area (Å²) in [6.45, 7) is 2.89. The van der Waals surface area contributed by atoms with Crippen molar-refractivity contribution in [1.29, 1.82) is 0 Å². The van der Waals surface area contributed by atoms with Gasteiger partial charge in [-0.2, -0.15) is 0 Å². The molecule has 0 saturated heterocycles. The highest BCUT2D eigenvalue weighted by molar-refractivity contribution is 6.30. The van der Waals surface area contributed by atoms with Crippen LogP contribution in [-0.2, 0) is 4.74 Å². The monoisotopic (exact) mass is 306 g/mol. The molecule has 2 rings (SSSR count). The number of hydrogen-bond acceptors (Lipinski definition) is 3. The first-order valence-corrected chi connectivity index (χ1v) is 7.16. The minimum atomic E-state index is -0.776. The van der Waals surface area contributed by atoms with Crippen molar-refractivity contribution in [2.45, 2.75) is 13.0 Å². The van der Waals surface area contributed by atoms with E-state index < -0.39 is 6.10 Å². The predicted molar refractivity (Wildman–Crippen MR) is 84.1 cm³/mol. The molecule has 0 aliphatic heterocycles. The summed E-state index contributed by atoms with van der Waals surface area (Å²) in [5, 5.41) is 11.3. The standard InChI is InChI=1S/C17H19ClO3/c1-12-7-8-13(18)11-15(12)17(19)14-5-3-4-6-16(14)21-10-9-20-2/h3-8,11,17,19H,9-10H2,1-2H3. The molecule has 0 saturated carbocycles. The fourth-order valence-electron chi connectivity index (χ4n) is 2.15. The molecule has 0 aliphatic carbocycles. The Hall–Kier alpha value is -1.55. The normalized spacial score (nSPS) is 12.2. The average Bonchev–Trinajstić information content (AvgIpc) is 2.50. The maximum atomic E-state index is 10.7. The van der Waals surface area contributed by atoms with Gasteiger partial charge in [0.05, 0.1) is 6.61 Å². The molecule has 0 spiro atoms. The molecule has 0 aliphatic rings. The van der Waals surface area contributed by atoms with Crippen LogP contribution in [0.25, 0.3) is 0 Å². The van der Waals surface area contributed by atoms with Crippen molar-refractivity contribution in [3.8, 4) is 5.75 Å². The quantitative estimate of drug-likeness (QED) is 0.826. The van der Waals surface area contributed by atoms with Crippen molar-refractivity contribution >= 4 is 11.6 Å². The van der Waals surface area contributed by atoms with Gasteiger partial charge in [-0.05, 0) is 36.2 Å². The van der Waals surface area contributed by atoms with Crippen molar-refractivity contribution < 1.29 is 14.6 Å². The highest BCUT2D eigenvalue weighted by atomic mass is 35.5. The van der Waals surface area contributed by atoms with Crippen LogP contribution in [0.1, 0.15) is 22.8 Å². The summed E-state index contributed by atoms with van der Waals surface area (Å²) in [7, 11) is 1.62. The summed E-state index contributed by atoms with van der Waals surface area (Å²) in [6.07, 6.45) is -0.776. The molecule has 0 fully saturated rings. The summed E-state index contributed by atoms with van der Waals surface area (Å²) in [5.74, 6) is 0.654. The molecule has 1 atom stereocenters. The van der Waals surface area contributed by atoms with E-state index in [-0.39, 0.29) is 0 Å². The van der Waals surface area contributed by atoms with Crippen molar-refractivity contribution in [2.24, 2.45) is 0 Å². The van der Waals surface area contributed by atoms with Gasteiger partial charge in [-0.15, -0.1) is 0 Å². The summed E-state index contributed by atoms with van der Waals surface area (Å²) in [4.78, 5) is 0. The number of ether oxygens (including phenoxy) is 2. The Labute approximate surface area is 130 Å². The second-order valence-corrected chi connectivity index (χ2v) is 5.22. The van der Waals surface area contributed by atoms with Crippen LogP contribution < -0.4 is 4.74 Å². The molecule has 1 unspecified atom stereocenters. The first-order chi connectivity index (χ1) is 10.1. The number of rotatable bonds is 6. The van der Waals surface area contributed by atoms with Crippen LogP contribution >= 0.6 is 11.6 Å². The topological polar surface area (TPSA) is 38.7 Å². The van der Waals surface area contributed by atoms with Gasteiger partial charge >= 0.3 is 0 Å². The molecule has 1 N–H and O–H groups in total. The van der Waals surface area contributed by atoms with Gasteiger partial charge in [0, 0.05) is 17.7 Å². The molecule has 0 heterocycles. The van der Waals surface area contributed by atoms with Crippen LogP contribution in [0.4, 0.5) is 0 Å². The maximum absolute atomic E-state index is 10.7. The molecule has 3 nitrogen and oxygen atoms in total. The Morgan fingerprint density at radius 1 is 1.10 bits per heavy atom. The van der Waals surface area contributed by atoms with Gasteiger partial charge in [-0.1, -0.05) is 35.9 Å². The molecule has 2 aromatic rings. The first kappa shape index (κ1) is 15.8. The van der Waals surface area contributed by atoms with Crippen LogP contribution in [0.15, 0.2) is 42.5 Å². The summed E-state index contributed by atoms with van der Waals surface area (Å²) in [6, 6.07) is 12.9. The third kappa shape index (κ3) is 3.97. The number of aliphatic hydroxyl groups is 1. The zero-order valence-corrected chi connectivity index (χ0v) is 12.9. The van der Waals surface area contributed by atoms with E-state index >= 15 is 0 Å². The molecular formula is C17H19ClO3. The minimum Gasteiger partial charge on any atom is -0.491 e. The minimum absolute atomic E-state index is 0.439. The van der Waals surface area contributed by atoms with Crippen LogP contribution in [0.5, 0.6) is 5.75 Å². The van der Waals surface area contributed by atoms with E-state index in [9.17, 15) is 5.11 Å². The van der Waals surface area contributed by atoms with Gasteiger partial charge < -0.3 is 14.6 Å². The average molecular weight is 307 g/mol. The number of aryl methyl sites for hydroxylation is 1. The SMILES string of the molecule is COCCOc1ccccc1C(O)c1cc(Cl)ccc1C. The van der Waals surface area contributed by atoms with Crippen LogP contribution in [0.2, 0.25) is 5.02 Å². The van der Waals surface area contributed by atoms with Gasteiger partial charge in [0.25, 0.3) is 0 Å². The van der Waals surface area contributed by atoms with Crippen LogP contribution in [-0.4, -0.2) is 25.4 Å². The van der Waals surface area contributed by atoms with Gasteiger partial charge in [-0.25, -0.2) is 0 Å². The summed E-state index contributed by atoms with van der Waals surface area (Å²) >= 11 is 6.03. The predicted octanol–water partition coefficient (Wildman–Crippen LogP) is 3.76. The summed E-state index contributed by atoms with van der Waals surface area (Å²) in [5.41, 5.74) is 2.49. The van der Waals surface area contributed by atoms with Crippen molar-refractivity contribution in [3.05, 3.63) is 64.2 Å². The number of benzene rings is 2. The molecule has 4 heteroatoms. The van der Waals surface area contributed by atoms with E-state index in [2.05, 4.69) is 0 Å². The molecule has 0 amide bonds. The lowest BCUT2D eigenvalue weighted by molar-refractivity contribution is 0.142. The summed E-state index contributed by atoms with van der Waals surface area (Å²) < 4.78 is 10.7. The molecular weight excluding hydrogens is 288 g/mol. The Bertz CT molecular complexity index is 598. The van der Waals surface area contributed by atoms with Crippen molar-refractivity contribution in [3.63, 3.8) is 0 Å². The molecule has 2 aromatic carbocycles. The number of aliphatic hydroxyl groups excluding tert-OH is 1. The van der Waals surface area contributed by atoms with Gasteiger partial charge in [-0.3, -0.25) is 0 Å². The number of halogens is 1. The van der Waals surface area contributed by atoms with Crippen molar-refractivity contribution in [1.82, 2.24) is 0 Å². The van der Waals surface area contributed by atoms with Crippen LogP contribution in [0.3, 0.4) is 0 Å². The van der Waals surface area contributed by atoms with Gasteiger partial charge in [0.2, 0.25) is 0 Å². The van der Waals surface area contributed by atoms with Gasteiger partial charge in [0.15, 0.2) is 0 Å². The Balaban J connectivity index is 2.30. The zero-order valence-electron chi connectivity index (χ0n) is 12.2. The van der Waals surface area contributed by atoms with E-state index in [4.69, 9.17) is 21.1 Å². The first-order valence-electron chi connectivity index (χ1n) is 6.78. The molecule has 0 radical (unpaired) electrons. The van der Waals surface area contributed by atoms with E-state index in [0.717, 1.165) is 16.7 Å². The number of methoxy groups -OCH3 is 1. The number of hydrogen-bond donors (Lipinski definition) is 1. The Kier molecular flexibility index (Phi) is 5.62. The lowest BCUT2D eigenvalue weighted by Crippen LogP contribution is -2.09.